The Morgan fingerprint density at radius 1 is 1.37 bits per heavy atom. The summed E-state index contributed by atoms with van der Waals surface area (Å²) in [5.74, 6) is 0.0970. The zero-order chi connectivity index (χ0) is 14.5. The molecule has 1 aromatic rings. The molecule has 2 unspecified atom stereocenters. The van der Waals surface area contributed by atoms with Crippen molar-refractivity contribution in [3.05, 3.63) is 29.8 Å². The Hall–Kier alpha value is -0.950. The molecule has 0 aliphatic heterocycles. The standard InChI is InChI=1S/C13H21NO4S/c1-10(9-18-3)8-14-19(16,17)13-6-4-5-12(7-13)11(2)15/h4-7,10-11,14-15H,8-9H2,1-3H3. The van der Waals surface area contributed by atoms with Crippen LogP contribution in [0.5, 0.6) is 0 Å². The maximum Gasteiger partial charge on any atom is 0.240 e. The predicted molar refractivity (Wildman–Crippen MR) is 73.3 cm³/mol. The van der Waals surface area contributed by atoms with Gasteiger partial charge in [-0.2, -0.15) is 0 Å². The van der Waals surface area contributed by atoms with Crippen LogP contribution in [0.25, 0.3) is 0 Å². The predicted octanol–water partition coefficient (Wildman–Crippen LogP) is 1.30. The van der Waals surface area contributed by atoms with E-state index < -0.39 is 16.1 Å². The van der Waals surface area contributed by atoms with Crippen molar-refractivity contribution in [3.63, 3.8) is 0 Å². The number of benzene rings is 1. The van der Waals surface area contributed by atoms with Crippen LogP contribution in [0, 0.1) is 5.92 Å². The third-order valence-electron chi connectivity index (χ3n) is 2.72. The van der Waals surface area contributed by atoms with E-state index >= 15 is 0 Å². The molecule has 5 nitrogen and oxygen atoms in total. The van der Waals surface area contributed by atoms with Crippen molar-refractivity contribution in [3.8, 4) is 0 Å². The molecule has 1 aromatic carbocycles. The van der Waals surface area contributed by atoms with E-state index in [1.54, 1.807) is 26.2 Å². The molecule has 2 N–H and O–H groups in total. The van der Waals surface area contributed by atoms with E-state index in [0.717, 1.165) is 0 Å². The molecule has 0 fully saturated rings. The lowest BCUT2D eigenvalue weighted by Crippen LogP contribution is -2.30. The zero-order valence-electron chi connectivity index (χ0n) is 11.5. The van der Waals surface area contributed by atoms with E-state index in [1.165, 1.54) is 12.1 Å². The minimum atomic E-state index is -3.55. The molecule has 0 bridgehead atoms. The Morgan fingerprint density at radius 3 is 2.63 bits per heavy atom. The molecule has 0 spiro atoms. The van der Waals surface area contributed by atoms with Gasteiger partial charge in [0.05, 0.1) is 11.0 Å². The van der Waals surface area contributed by atoms with Gasteiger partial charge in [-0.05, 0) is 30.5 Å². The summed E-state index contributed by atoms with van der Waals surface area (Å²) in [6, 6.07) is 6.30. The number of rotatable bonds is 7. The molecule has 19 heavy (non-hydrogen) atoms. The molecular formula is C13H21NO4S. The molecule has 6 heteroatoms. The van der Waals surface area contributed by atoms with Crippen LogP contribution in [0.15, 0.2) is 29.2 Å². The fourth-order valence-electron chi connectivity index (χ4n) is 1.62. The molecule has 0 amide bonds. The summed E-state index contributed by atoms with van der Waals surface area (Å²) in [7, 11) is -1.97. The summed E-state index contributed by atoms with van der Waals surface area (Å²) in [5, 5.41) is 9.47. The number of methoxy groups -OCH3 is 1. The van der Waals surface area contributed by atoms with Gasteiger partial charge in [0.2, 0.25) is 10.0 Å². The number of ether oxygens (including phenoxy) is 1. The first kappa shape index (κ1) is 16.1. The number of nitrogens with one attached hydrogen (secondary N) is 1. The van der Waals surface area contributed by atoms with Crippen molar-refractivity contribution in [1.29, 1.82) is 0 Å². The SMILES string of the molecule is COCC(C)CNS(=O)(=O)c1cccc(C(C)O)c1. The van der Waals surface area contributed by atoms with E-state index in [9.17, 15) is 13.5 Å². The zero-order valence-corrected chi connectivity index (χ0v) is 12.3. The summed E-state index contributed by atoms with van der Waals surface area (Å²) in [5.41, 5.74) is 0.577. The second-order valence-corrected chi connectivity index (χ2v) is 6.43. The number of aliphatic hydroxyl groups is 1. The lowest BCUT2D eigenvalue weighted by atomic mass is 10.1. The fourth-order valence-corrected chi connectivity index (χ4v) is 2.84. The maximum atomic E-state index is 12.1. The highest BCUT2D eigenvalue weighted by Gasteiger charge is 2.16. The molecule has 108 valence electrons. The van der Waals surface area contributed by atoms with E-state index in [2.05, 4.69) is 4.72 Å². The third kappa shape index (κ3) is 4.91. The second-order valence-electron chi connectivity index (χ2n) is 4.66. The molecule has 0 heterocycles. The van der Waals surface area contributed by atoms with Crippen molar-refractivity contribution in [2.45, 2.75) is 24.8 Å². The summed E-state index contributed by atoms with van der Waals surface area (Å²) in [6.07, 6.45) is -0.692. The van der Waals surface area contributed by atoms with E-state index in [1.807, 2.05) is 6.92 Å². The van der Waals surface area contributed by atoms with Gasteiger partial charge in [-0.15, -0.1) is 0 Å². The first-order valence-corrected chi connectivity index (χ1v) is 7.61. The first-order valence-electron chi connectivity index (χ1n) is 6.13. The van der Waals surface area contributed by atoms with Gasteiger partial charge in [0.25, 0.3) is 0 Å². The normalized spacial score (nSPS) is 15.2. The van der Waals surface area contributed by atoms with Crippen LogP contribution in [-0.2, 0) is 14.8 Å². The Labute approximate surface area is 114 Å². The van der Waals surface area contributed by atoms with E-state index in [4.69, 9.17) is 4.74 Å². The van der Waals surface area contributed by atoms with Gasteiger partial charge in [-0.25, -0.2) is 13.1 Å². The van der Waals surface area contributed by atoms with Gasteiger partial charge < -0.3 is 9.84 Å². The van der Waals surface area contributed by atoms with Gasteiger partial charge in [0.15, 0.2) is 0 Å². The van der Waals surface area contributed by atoms with Crippen LogP contribution >= 0.6 is 0 Å². The summed E-state index contributed by atoms with van der Waals surface area (Å²) in [4.78, 5) is 0.163. The fraction of sp³-hybridized carbons (Fsp3) is 0.538. The van der Waals surface area contributed by atoms with Crippen molar-refractivity contribution in [2.75, 3.05) is 20.3 Å². The van der Waals surface area contributed by atoms with Crippen molar-refractivity contribution in [1.82, 2.24) is 4.72 Å². The molecule has 0 aromatic heterocycles. The molecule has 1 rings (SSSR count). The summed E-state index contributed by atoms with van der Waals surface area (Å²) < 4.78 is 31.7. The first-order chi connectivity index (χ1) is 8.86. The van der Waals surface area contributed by atoms with Gasteiger partial charge in [-0.3, -0.25) is 0 Å². The molecular weight excluding hydrogens is 266 g/mol. The third-order valence-corrected chi connectivity index (χ3v) is 4.15. The van der Waals surface area contributed by atoms with Crippen molar-refractivity contribution in [2.24, 2.45) is 5.92 Å². The highest BCUT2D eigenvalue weighted by atomic mass is 32.2. The Kier molecular flexibility index (Phi) is 5.93. The molecule has 0 aliphatic carbocycles. The van der Waals surface area contributed by atoms with Crippen molar-refractivity contribution < 1.29 is 18.3 Å². The van der Waals surface area contributed by atoms with Crippen LogP contribution in [0.3, 0.4) is 0 Å². The largest absolute Gasteiger partial charge is 0.389 e. The number of sulfonamides is 1. The van der Waals surface area contributed by atoms with Gasteiger partial charge in [0.1, 0.15) is 0 Å². The maximum absolute atomic E-state index is 12.1. The number of hydrogen-bond donors (Lipinski definition) is 2. The van der Waals surface area contributed by atoms with Gasteiger partial charge >= 0.3 is 0 Å². The number of aliphatic hydroxyl groups excluding tert-OH is 1. The lowest BCUT2D eigenvalue weighted by Gasteiger charge is -2.13. The average Bonchev–Trinajstić information content (AvgIpc) is 2.37. The summed E-state index contributed by atoms with van der Waals surface area (Å²) >= 11 is 0. The molecule has 0 saturated carbocycles. The highest BCUT2D eigenvalue weighted by Crippen LogP contribution is 2.17. The van der Waals surface area contributed by atoms with Crippen LogP contribution in [0.2, 0.25) is 0 Å². The van der Waals surface area contributed by atoms with E-state index in [0.29, 0.717) is 18.7 Å². The Balaban J connectivity index is 2.80. The lowest BCUT2D eigenvalue weighted by molar-refractivity contribution is 0.161. The number of hydrogen-bond acceptors (Lipinski definition) is 4. The van der Waals surface area contributed by atoms with Crippen LogP contribution in [-0.4, -0.2) is 33.8 Å². The smallest absolute Gasteiger partial charge is 0.240 e. The highest BCUT2D eigenvalue weighted by molar-refractivity contribution is 7.89. The van der Waals surface area contributed by atoms with Crippen LogP contribution in [0.4, 0.5) is 0 Å². The van der Waals surface area contributed by atoms with Crippen molar-refractivity contribution >= 4 is 10.0 Å². The quantitative estimate of drug-likeness (QED) is 0.792. The second kappa shape index (κ2) is 7.00. The average molecular weight is 287 g/mol. The monoisotopic (exact) mass is 287 g/mol. The Morgan fingerprint density at radius 2 is 2.05 bits per heavy atom. The minimum Gasteiger partial charge on any atom is -0.389 e. The molecule has 0 saturated heterocycles. The van der Waals surface area contributed by atoms with Crippen LogP contribution < -0.4 is 4.72 Å². The van der Waals surface area contributed by atoms with Gasteiger partial charge in [-0.1, -0.05) is 19.1 Å². The van der Waals surface area contributed by atoms with Gasteiger partial charge in [0, 0.05) is 20.3 Å². The Bertz CT molecular complexity index is 499. The molecule has 0 radical (unpaired) electrons. The van der Waals surface area contributed by atoms with E-state index in [-0.39, 0.29) is 10.8 Å². The molecule has 0 aliphatic rings. The minimum absolute atomic E-state index is 0.0970. The topological polar surface area (TPSA) is 75.6 Å². The van der Waals surface area contributed by atoms with Crippen LogP contribution in [0.1, 0.15) is 25.5 Å². The molecule has 2 atom stereocenters. The summed E-state index contributed by atoms with van der Waals surface area (Å²) in [6.45, 7) is 4.31.